The number of rotatable bonds is 5. The Bertz CT molecular complexity index is 1060. The largest absolute Gasteiger partial charge is 0.322 e. The highest BCUT2D eigenvalue weighted by molar-refractivity contribution is 7.15. The van der Waals surface area contributed by atoms with Gasteiger partial charge in [0.1, 0.15) is 18.3 Å². The Hall–Kier alpha value is -2.76. The van der Waals surface area contributed by atoms with E-state index in [9.17, 15) is 4.79 Å². The monoisotopic (exact) mass is 376 g/mol. The summed E-state index contributed by atoms with van der Waals surface area (Å²) in [6.45, 7) is 2.61. The maximum Gasteiger partial charge on any atom is 0.259 e. The van der Waals surface area contributed by atoms with Gasteiger partial charge in [0.2, 0.25) is 0 Å². The van der Waals surface area contributed by atoms with Crippen molar-refractivity contribution in [1.82, 2.24) is 9.38 Å². The van der Waals surface area contributed by atoms with Gasteiger partial charge in [-0.15, -0.1) is 11.3 Å². The molecule has 1 unspecified atom stereocenters. The summed E-state index contributed by atoms with van der Waals surface area (Å²) in [6, 6.07) is 22.9. The number of quaternary nitrogens is 1. The van der Waals surface area contributed by atoms with Gasteiger partial charge in [0.05, 0.1) is 7.05 Å². The Labute approximate surface area is 162 Å². The predicted octanol–water partition coefficient (Wildman–Crippen LogP) is 2.87. The summed E-state index contributed by atoms with van der Waals surface area (Å²) in [4.78, 5) is 19.3. The molecular formula is C22H22N3OS+. The molecule has 2 heterocycles. The van der Waals surface area contributed by atoms with E-state index in [1.165, 1.54) is 27.4 Å². The summed E-state index contributed by atoms with van der Waals surface area (Å²) < 4.78 is 1.68. The fourth-order valence-corrected chi connectivity index (χ4v) is 4.52. The van der Waals surface area contributed by atoms with Crippen molar-refractivity contribution in [2.24, 2.45) is 0 Å². The third kappa shape index (κ3) is 3.56. The average Bonchev–Trinajstić information content (AvgIpc) is 3.05. The fourth-order valence-electron chi connectivity index (χ4n) is 3.63. The van der Waals surface area contributed by atoms with E-state index < -0.39 is 0 Å². The van der Waals surface area contributed by atoms with Crippen LogP contribution in [0.25, 0.3) is 4.96 Å². The normalized spacial score (nSPS) is 12.6. The topological polar surface area (TPSA) is 38.8 Å². The first-order valence-corrected chi connectivity index (χ1v) is 9.90. The van der Waals surface area contributed by atoms with Gasteiger partial charge in [-0.05, 0) is 6.92 Å². The summed E-state index contributed by atoms with van der Waals surface area (Å²) in [5.41, 5.74) is 4.27. The molecule has 4 nitrogen and oxygen atoms in total. The molecule has 0 fully saturated rings. The summed E-state index contributed by atoms with van der Waals surface area (Å²) in [7, 11) is 2.16. The number of hydrogen-bond donors (Lipinski definition) is 1. The summed E-state index contributed by atoms with van der Waals surface area (Å²) in [5.74, 6) is 0. The van der Waals surface area contributed by atoms with Crippen LogP contribution in [-0.2, 0) is 6.54 Å². The molecule has 4 rings (SSSR count). The predicted molar refractivity (Wildman–Crippen MR) is 109 cm³/mol. The Kier molecular flexibility index (Phi) is 4.88. The minimum Gasteiger partial charge on any atom is -0.322 e. The maximum absolute atomic E-state index is 12.5. The van der Waals surface area contributed by atoms with Crippen LogP contribution in [-0.4, -0.2) is 16.4 Å². The molecule has 0 spiro atoms. The lowest BCUT2D eigenvalue weighted by molar-refractivity contribution is -0.920. The Morgan fingerprint density at radius 1 is 1.04 bits per heavy atom. The highest BCUT2D eigenvalue weighted by atomic mass is 32.1. The SMILES string of the molecule is Cc1csc2nc(C[NH+](C)C(c3ccccc3)c3ccccc3)cc(=O)n12. The van der Waals surface area contributed by atoms with E-state index in [1.807, 2.05) is 24.4 Å². The molecule has 0 radical (unpaired) electrons. The van der Waals surface area contributed by atoms with Crippen molar-refractivity contribution in [3.63, 3.8) is 0 Å². The molecule has 1 N–H and O–H groups in total. The first kappa shape index (κ1) is 17.6. The molecule has 27 heavy (non-hydrogen) atoms. The third-order valence-electron chi connectivity index (χ3n) is 4.85. The number of benzene rings is 2. The zero-order valence-electron chi connectivity index (χ0n) is 15.4. The molecule has 0 amide bonds. The highest BCUT2D eigenvalue weighted by Gasteiger charge is 2.24. The van der Waals surface area contributed by atoms with E-state index in [0.29, 0.717) is 6.54 Å². The molecule has 0 bridgehead atoms. The van der Waals surface area contributed by atoms with Crippen LogP contribution in [0.5, 0.6) is 0 Å². The summed E-state index contributed by atoms with van der Waals surface area (Å²) in [5, 5.41) is 1.97. The molecular weight excluding hydrogens is 354 g/mol. The van der Waals surface area contributed by atoms with Gasteiger partial charge in [0.25, 0.3) is 5.56 Å². The van der Waals surface area contributed by atoms with Crippen molar-refractivity contribution in [1.29, 1.82) is 0 Å². The minimum absolute atomic E-state index is 0.00229. The van der Waals surface area contributed by atoms with E-state index >= 15 is 0 Å². The van der Waals surface area contributed by atoms with Crippen LogP contribution in [0, 0.1) is 6.92 Å². The summed E-state index contributed by atoms with van der Waals surface area (Å²) in [6.07, 6.45) is 0. The number of nitrogens with zero attached hydrogens (tertiary/aromatic N) is 2. The van der Waals surface area contributed by atoms with Crippen molar-refractivity contribution < 1.29 is 4.90 Å². The molecule has 2 aromatic carbocycles. The molecule has 4 aromatic rings. The zero-order valence-corrected chi connectivity index (χ0v) is 16.2. The lowest BCUT2D eigenvalue weighted by Gasteiger charge is -2.25. The molecule has 0 aliphatic carbocycles. The molecule has 1 atom stereocenters. The molecule has 0 saturated carbocycles. The Morgan fingerprint density at radius 3 is 2.22 bits per heavy atom. The second-order valence-corrected chi connectivity index (χ2v) is 7.69. The number of aryl methyl sites for hydroxylation is 1. The van der Waals surface area contributed by atoms with Crippen molar-refractivity contribution in [2.75, 3.05) is 7.05 Å². The third-order valence-corrected chi connectivity index (χ3v) is 5.79. The fraction of sp³-hybridized carbons (Fsp3) is 0.182. The van der Waals surface area contributed by atoms with Gasteiger partial charge >= 0.3 is 0 Å². The van der Waals surface area contributed by atoms with Crippen LogP contribution in [0.1, 0.15) is 28.6 Å². The first-order chi connectivity index (χ1) is 13.1. The molecule has 5 heteroatoms. The molecule has 0 aliphatic heterocycles. The van der Waals surface area contributed by atoms with E-state index in [4.69, 9.17) is 4.98 Å². The number of thiazole rings is 1. The van der Waals surface area contributed by atoms with Crippen LogP contribution in [0.3, 0.4) is 0 Å². The highest BCUT2D eigenvalue weighted by Crippen LogP contribution is 2.19. The van der Waals surface area contributed by atoms with Gasteiger partial charge in [0.15, 0.2) is 4.96 Å². The number of hydrogen-bond acceptors (Lipinski definition) is 3. The van der Waals surface area contributed by atoms with E-state index in [-0.39, 0.29) is 11.6 Å². The van der Waals surface area contributed by atoms with Crippen LogP contribution in [0.15, 0.2) is 76.9 Å². The van der Waals surface area contributed by atoms with Crippen molar-refractivity contribution >= 4 is 16.3 Å². The maximum atomic E-state index is 12.5. The van der Waals surface area contributed by atoms with Crippen molar-refractivity contribution in [2.45, 2.75) is 19.5 Å². The number of nitrogens with one attached hydrogen (secondary N) is 1. The lowest BCUT2D eigenvalue weighted by Crippen LogP contribution is -3.08. The van der Waals surface area contributed by atoms with Gasteiger partial charge in [-0.1, -0.05) is 60.7 Å². The van der Waals surface area contributed by atoms with Crippen LogP contribution >= 0.6 is 11.3 Å². The van der Waals surface area contributed by atoms with Gasteiger partial charge < -0.3 is 4.90 Å². The molecule has 2 aromatic heterocycles. The Balaban J connectivity index is 1.70. The van der Waals surface area contributed by atoms with Crippen molar-refractivity contribution in [3.05, 3.63) is 105 Å². The smallest absolute Gasteiger partial charge is 0.259 e. The molecule has 0 saturated heterocycles. The van der Waals surface area contributed by atoms with E-state index in [0.717, 1.165) is 16.3 Å². The molecule has 136 valence electrons. The minimum atomic E-state index is -0.00229. The van der Waals surface area contributed by atoms with Gasteiger partial charge in [0, 0.05) is 28.3 Å². The van der Waals surface area contributed by atoms with Crippen LogP contribution in [0.2, 0.25) is 0 Å². The second-order valence-electron chi connectivity index (χ2n) is 6.86. The van der Waals surface area contributed by atoms with Gasteiger partial charge in [-0.25, -0.2) is 4.98 Å². The van der Waals surface area contributed by atoms with Gasteiger partial charge in [-0.3, -0.25) is 9.20 Å². The van der Waals surface area contributed by atoms with E-state index in [1.54, 1.807) is 10.5 Å². The van der Waals surface area contributed by atoms with Crippen LogP contribution < -0.4 is 10.5 Å². The van der Waals surface area contributed by atoms with Crippen molar-refractivity contribution in [3.8, 4) is 0 Å². The number of aromatic nitrogens is 2. The number of fused-ring (bicyclic) bond motifs is 1. The zero-order chi connectivity index (χ0) is 18.8. The Morgan fingerprint density at radius 2 is 1.63 bits per heavy atom. The first-order valence-electron chi connectivity index (χ1n) is 9.02. The van der Waals surface area contributed by atoms with Gasteiger partial charge in [-0.2, -0.15) is 0 Å². The van der Waals surface area contributed by atoms with E-state index in [2.05, 4.69) is 55.6 Å². The lowest BCUT2D eigenvalue weighted by atomic mass is 9.97. The second kappa shape index (κ2) is 7.47. The quantitative estimate of drug-likeness (QED) is 0.582. The van der Waals surface area contributed by atoms with Crippen LogP contribution in [0.4, 0.5) is 0 Å². The average molecular weight is 377 g/mol. The molecule has 0 aliphatic rings. The summed E-state index contributed by atoms with van der Waals surface area (Å²) >= 11 is 1.51. The standard InChI is InChI=1S/C22H21N3OS/c1-16-15-27-22-23-19(13-20(26)25(16)22)14-24(2)21(17-9-5-3-6-10-17)18-11-7-4-8-12-18/h3-13,15,21H,14H2,1-2H3/p+1.